The predicted octanol–water partition coefficient (Wildman–Crippen LogP) is 2.45. The molecule has 0 bridgehead atoms. The second-order valence-electron chi connectivity index (χ2n) is 6.24. The van der Waals surface area contributed by atoms with Crippen molar-refractivity contribution in [2.75, 3.05) is 5.32 Å². The quantitative estimate of drug-likeness (QED) is 0.672. The van der Waals surface area contributed by atoms with Gasteiger partial charge in [-0.05, 0) is 17.9 Å². The number of carbonyl (C=O) groups excluding carboxylic acids is 1. The third kappa shape index (κ3) is 2.18. The number of carbonyl (C=O) groups is 1. The number of hydrogen-bond acceptors (Lipinski definition) is 6. The molecule has 1 aromatic carbocycles. The molecule has 1 aromatic heterocycles. The molecule has 1 N–H and O–H groups in total. The van der Waals surface area contributed by atoms with Crippen molar-refractivity contribution < 1.29 is 9.72 Å². The lowest BCUT2D eigenvalue weighted by atomic mass is 9.81. The van der Waals surface area contributed by atoms with E-state index in [0.717, 1.165) is 12.1 Å². The van der Waals surface area contributed by atoms with Crippen LogP contribution in [0.2, 0.25) is 0 Å². The lowest BCUT2D eigenvalue weighted by molar-refractivity contribution is -0.384. The Kier molecular flexibility index (Phi) is 3.19. The largest absolute Gasteiger partial charge is 0.328 e. The first-order valence-corrected chi connectivity index (χ1v) is 7.71. The van der Waals surface area contributed by atoms with Crippen LogP contribution in [-0.4, -0.2) is 25.5 Å². The van der Waals surface area contributed by atoms with Crippen molar-refractivity contribution in [1.82, 2.24) is 14.8 Å². The van der Waals surface area contributed by atoms with Crippen molar-refractivity contribution >= 4 is 17.4 Å². The van der Waals surface area contributed by atoms with Crippen LogP contribution in [0, 0.1) is 16.0 Å². The first-order valence-electron chi connectivity index (χ1n) is 7.71. The number of nitrogens with zero attached hydrogens (tertiary/aromatic N) is 4. The van der Waals surface area contributed by atoms with Gasteiger partial charge in [-0.2, -0.15) is 10.1 Å². The molecule has 8 heteroatoms. The van der Waals surface area contributed by atoms with Gasteiger partial charge in [0.05, 0.1) is 4.92 Å². The minimum Gasteiger partial charge on any atom is -0.328 e. The molecule has 2 atom stereocenters. The van der Waals surface area contributed by atoms with Gasteiger partial charge in [0.15, 0.2) is 5.78 Å². The standard InChI is InChI=1S/C16H15N5O3/c1-9-5-12-14(13(22)6-9)15(20-16(19-12)17-8-18-20)10-3-2-4-11(7-10)21(23)24/h2-4,7-9,15H,5-6H2,1H3,(H,17,18,19). The van der Waals surface area contributed by atoms with E-state index in [2.05, 4.69) is 15.4 Å². The number of fused-ring (bicyclic) bond motifs is 1. The molecule has 2 heterocycles. The van der Waals surface area contributed by atoms with Crippen LogP contribution in [0.4, 0.5) is 11.6 Å². The molecule has 24 heavy (non-hydrogen) atoms. The molecular formula is C16H15N5O3. The molecule has 0 amide bonds. The minimum absolute atomic E-state index is 0.00789. The van der Waals surface area contributed by atoms with E-state index in [0.29, 0.717) is 23.5 Å². The maximum absolute atomic E-state index is 12.7. The maximum atomic E-state index is 12.7. The number of nitro groups is 1. The number of non-ortho nitro benzene ring substituents is 1. The lowest BCUT2D eigenvalue weighted by Crippen LogP contribution is -2.33. The Hall–Kier alpha value is -3.03. The van der Waals surface area contributed by atoms with Crippen LogP contribution in [0.25, 0.3) is 0 Å². The van der Waals surface area contributed by atoms with Crippen LogP contribution >= 0.6 is 0 Å². The van der Waals surface area contributed by atoms with Crippen molar-refractivity contribution in [3.63, 3.8) is 0 Å². The number of rotatable bonds is 2. The number of nitro benzene ring substituents is 1. The molecule has 0 spiro atoms. The fourth-order valence-corrected chi connectivity index (χ4v) is 3.46. The molecular weight excluding hydrogens is 310 g/mol. The Morgan fingerprint density at radius 3 is 3.00 bits per heavy atom. The van der Waals surface area contributed by atoms with Crippen molar-refractivity contribution in [3.8, 4) is 0 Å². The zero-order valence-electron chi connectivity index (χ0n) is 13.0. The van der Waals surface area contributed by atoms with E-state index < -0.39 is 11.0 Å². The highest BCUT2D eigenvalue weighted by Gasteiger charge is 2.38. The molecule has 2 aliphatic rings. The highest BCUT2D eigenvalue weighted by Crippen LogP contribution is 2.41. The van der Waals surface area contributed by atoms with Gasteiger partial charge in [0.1, 0.15) is 12.4 Å². The number of aromatic nitrogens is 3. The van der Waals surface area contributed by atoms with E-state index >= 15 is 0 Å². The molecule has 2 unspecified atom stereocenters. The molecule has 0 fully saturated rings. The third-order valence-electron chi connectivity index (χ3n) is 4.46. The van der Waals surface area contributed by atoms with Crippen LogP contribution in [0.5, 0.6) is 0 Å². The average molecular weight is 325 g/mol. The van der Waals surface area contributed by atoms with E-state index in [1.54, 1.807) is 16.8 Å². The number of hydrogen-bond donors (Lipinski definition) is 1. The van der Waals surface area contributed by atoms with Gasteiger partial charge in [0.2, 0.25) is 5.95 Å². The van der Waals surface area contributed by atoms with Gasteiger partial charge in [-0.15, -0.1) is 0 Å². The highest BCUT2D eigenvalue weighted by molar-refractivity contribution is 5.99. The number of anilines is 1. The average Bonchev–Trinajstić information content (AvgIpc) is 3.00. The summed E-state index contributed by atoms with van der Waals surface area (Å²) in [5.74, 6) is 0.852. The van der Waals surface area contributed by atoms with Gasteiger partial charge < -0.3 is 5.32 Å². The monoisotopic (exact) mass is 325 g/mol. The molecule has 8 nitrogen and oxygen atoms in total. The normalized spacial score (nSPS) is 22.6. The fraction of sp³-hybridized carbons (Fsp3) is 0.312. The predicted molar refractivity (Wildman–Crippen MR) is 85.3 cm³/mol. The number of allylic oxidation sites excluding steroid dienone is 2. The van der Waals surface area contributed by atoms with Crippen LogP contribution in [0.3, 0.4) is 0 Å². The zero-order valence-corrected chi connectivity index (χ0v) is 13.0. The zero-order chi connectivity index (χ0) is 16.8. The first kappa shape index (κ1) is 14.6. The van der Waals surface area contributed by atoms with E-state index in [-0.39, 0.29) is 17.4 Å². The van der Waals surface area contributed by atoms with Gasteiger partial charge >= 0.3 is 0 Å². The van der Waals surface area contributed by atoms with Gasteiger partial charge in [-0.1, -0.05) is 19.1 Å². The lowest BCUT2D eigenvalue weighted by Gasteiger charge is -2.34. The molecule has 4 rings (SSSR count). The van der Waals surface area contributed by atoms with E-state index in [1.807, 2.05) is 6.92 Å². The summed E-state index contributed by atoms with van der Waals surface area (Å²) >= 11 is 0. The van der Waals surface area contributed by atoms with Crippen LogP contribution in [0.15, 0.2) is 41.9 Å². The highest BCUT2D eigenvalue weighted by atomic mass is 16.6. The first-order chi connectivity index (χ1) is 11.5. The molecule has 1 aliphatic carbocycles. The van der Waals surface area contributed by atoms with Crippen LogP contribution in [0.1, 0.15) is 31.4 Å². The van der Waals surface area contributed by atoms with Crippen molar-refractivity contribution in [1.29, 1.82) is 0 Å². The summed E-state index contributed by atoms with van der Waals surface area (Å²) < 4.78 is 1.62. The van der Waals surface area contributed by atoms with Crippen LogP contribution in [-0.2, 0) is 4.79 Å². The molecule has 0 saturated carbocycles. The van der Waals surface area contributed by atoms with E-state index in [4.69, 9.17) is 0 Å². The molecule has 0 saturated heterocycles. The van der Waals surface area contributed by atoms with Gasteiger partial charge in [-0.3, -0.25) is 14.9 Å². The summed E-state index contributed by atoms with van der Waals surface area (Å²) in [6, 6.07) is 5.86. The second-order valence-corrected chi connectivity index (χ2v) is 6.24. The van der Waals surface area contributed by atoms with Crippen molar-refractivity contribution in [3.05, 3.63) is 57.5 Å². The summed E-state index contributed by atoms with van der Waals surface area (Å²) in [5, 5.41) is 18.5. The third-order valence-corrected chi connectivity index (χ3v) is 4.46. The maximum Gasteiger partial charge on any atom is 0.269 e. The Morgan fingerprint density at radius 2 is 2.21 bits per heavy atom. The SMILES string of the molecule is CC1CC(=O)C2=C(C1)Nc1ncnn1C2c1cccc([N+](=O)[O-])c1. The Labute approximate surface area is 137 Å². The summed E-state index contributed by atoms with van der Waals surface area (Å²) in [7, 11) is 0. The van der Waals surface area contributed by atoms with Gasteiger partial charge in [0.25, 0.3) is 5.69 Å². The summed E-state index contributed by atoms with van der Waals surface area (Å²) in [5.41, 5.74) is 2.13. The molecule has 0 radical (unpaired) electrons. The topological polar surface area (TPSA) is 103 Å². The number of Topliss-reactive ketones (excluding diaryl/α,β-unsaturated/α-hetero) is 1. The summed E-state index contributed by atoms with van der Waals surface area (Å²) in [4.78, 5) is 27.5. The minimum atomic E-state index is -0.487. The second kappa shape index (κ2) is 5.26. The van der Waals surface area contributed by atoms with Gasteiger partial charge in [-0.25, -0.2) is 4.68 Å². The fourth-order valence-electron chi connectivity index (χ4n) is 3.46. The molecule has 1 aliphatic heterocycles. The summed E-state index contributed by atoms with van der Waals surface area (Å²) in [6.45, 7) is 2.03. The van der Waals surface area contributed by atoms with Crippen molar-refractivity contribution in [2.45, 2.75) is 25.8 Å². The van der Waals surface area contributed by atoms with Gasteiger partial charge in [0, 0.05) is 29.8 Å². The Bertz CT molecular complexity index is 885. The summed E-state index contributed by atoms with van der Waals surface area (Å²) in [6.07, 6.45) is 2.63. The number of benzene rings is 1. The van der Waals surface area contributed by atoms with Crippen molar-refractivity contribution in [2.24, 2.45) is 5.92 Å². The Morgan fingerprint density at radius 1 is 1.38 bits per heavy atom. The van der Waals surface area contributed by atoms with E-state index in [9.17, 15) is 14.9 Å². The molecule has 122 valence electrons. The Balaban J connectivity index is 1.90. The van der Waals surface area contributed by atoms with Crippen LogP contribution < -0.4 is 5.32 Å². The number of ketones is 1. The molecule has 2 aromatic rings. The van der Waals surface area contributed by atoms with E-state index in [1.165, 1.54) is 18.5 Å². The number of nitrogens with one attached hydrogen (secondary N) is 1. The smallest absolute Gasteiger partial charge is 0.269 e.